The predicted octanol–water partition coefficient (Wildman–Crippen LogP) is 3.21. The molecule has 1 aromatic rings. The molecule has 110 valence electrons. The second-order valence-corrected chi connectivity index (χ2v) is 5.53. The van der Waals surface area contributed by atoms with Crippen molar-refractivity contribution in [1.29, 1.82) is 0 Å². The van der Waals surface area contributed by atoms with Crippen molar-refractivity contribution in [2.24, 2.45) is 10.7 Å². The second kappa shape index (κ2) is 7.48. The minimum atomic E-state index is -0.314. The van der Waals surface area contributed by atoms with E-state index in [-0.39, 0.29) is 5.82 Å². The highest BCUT2D eigenvalue weighted by Gasteiger charge is 2.10. The molecular weight excluding hydrogens is 277 g/mol. The van der Waals surface area contributed by atoms with Crippen molar-refractivity contribution >= 4 is 17.6 Å². The van der Waals surface area contributed by atoms with Gasteiger partial charge in [0.15, 0.2) is 5.96 Å². The van der Waals surface area contributed by atoms with Gasteiger partial charge in [-0.05, 0) is 37.0 Å². The van der Waals surface area contributed by atoms with Crippen LogP contribution in [0, 0.1) is 5.82 Å². The lowest BCUT2D eigenvalue weighted by molar-refractivity contribution is 0.428. The summed E-state index contributed by atoms with van der Waals surface area (Å²) in [4.78, 5) is 6.57. The summed E-state index contributed by atoms with van der Waals surface area (Å²) in [5, 5.41) is 0.452. The minimum Gasteiger partial charge on any atom is -0.370 e. The normalized spacial score (nSPS) is 17.1. The molecule has 2 N–H and O–H groups in total. The zero-order valence-electron chi connectivity index (χ0n) is 11.6. The number of hydrogen-bond donors (Lipinski definition) is 1. The molecule has 0 atom stereocenters. The van der Waals surface area contributed by atoms with Crippen molar-refractivity contribution < 1.29 is 4.39 Å². The molecule has 0 aromatic heterocycles. The monoisotopic (exact) mass is 297 g/mol. The largest absolute Gasteiger partial charge is 0.370 e. The molecule has 20 heavy (non-hydrogen) atoms. The maximum absolute atomic E-state index is 12.9. The maximum atomic E-state index is 12.9. The number of benzene rings is 1. The Hall–Kier alpha value is -1.29. The Morgan fingerprint density at radius 2 is 1.95 bits per heavy atom. The van der Waals surface area contributed by atoms with Gasteiger partial charge in [0.2, 0.25) is 0 Å². The van der Waals surface area contributed by atoms with Crippen LogP contribution in [0.3, 0.4) is 0 Å². The van der Waals surface area contributed by atoms with Crippen LogP contribution in [-0.2, 0) is 6.42 Å². The van der Waals surface area contributed by atoms with Gasteiger partial charge in [0, 0.05) is 24.7 Å². The Morgan fingerprint density at radius 3 is 2.60 bits per heavy atom. The molecule has 1 heterocycles. The van der Waals surface area contributed by atoms with E-state index in [4.69, 9.17) is 17.3 Å². The number of halogens is 2. The van der Waals surface area contributed by atoms with Gasteiger partial charge in [-0.25, -0.2) is 4.39 Å². The first-order valence-electron chi connectivity index (χ1n) is 7.15. The Morgan fingerprint density at radius 1 is 1.25 bits per heavy atom. The third kappa shape index (κ3) is 4.37. The summed E-state index contributed by atoms with van der Waals surface area (Å²) >= 11 is 5.98. The Kier molecular flexibility index (Phi) is 5.65. The molecule has 1 aliphatic heterocycles. The average Bonchev–Trinajstić information content (AvgIpc) is 2.70. The van der Waals surface area contributed by atoms with Gasteiger partial charge >= 0.3 is 0 Å². The van der Waals surface area contributed by atoms with E-state index in [9.17, 15) is 4.39 Å². The molecule has 0 amide bonds. The zero-order valence-corrected chi connectivity index (χ0v) is 12.4. The Bertz CT molecular complexity index is 468. The number of rotatable bonds is 3. The van der Waals surface area contributed by atoms with Gasteiger partial charge in [0.25, 0.3) is 0 Å². The highest BCUT2D eigenvalue weighted by molar-refractivity contribution is 6.31. The number of guanidine groups is 1. The van der Waals surface area contributed by atoms with E-state index in [2.05, 4.69) is 9.89 Å². The van der Waals surface area contributed by atoms with E-state index < -0.39 is 0 Å². The molecule has 0 saturated carbocycles. The van der Waals surface area contributed by atoms with E-state index >= 15 is 0 Å². The van der Waals surface area contributed by atoms with Crippen LogP contribution in [0.5, 0.6) is 0 Å². The van der Waals surface area contributed by atoms with Gasteiger partial charge in [-0.2, -0.15) is 0 Å². The van der Waals surface area contributed by atoms with Gasteiger partial charge in [0.1, 0.15) is 5.82 Å². The van der Waals surface area contributed by atoms with Crippen LogP contribution < -0.4 is 5.73 Å². The second-order valence-electron chi connectivity index (χ2n) is 5.13. The first kappa shape index (κ1) is 15.1. The van der Waals surface area contributed by atoms with Gasteiger partial charge in [-0.15, -0.1) is 0 Å². The number of aliphatic imine (C=N–C) groups is 1. The van der Waals surface area contributed by atoms with E-state index in [0.29, 0.717) is 23.9 Å². The van der Waals surface area contributed by atoms with Gasteiger partial charge in [0.05, 0.1) is 0 Å². The first-order chi connectivity index (χ1) is 9.66. The van der Waals surface area contributed by atoms with E-state index in [0.717, 1.165) is 18.7 Å². The van der Waals surface area contributed by atoms with Crippen molar-refractivity contribution in [3.8, 4) is 0 Å². The molecule has 0 spiro atoms. The summed E-state index contributed by atoms with van der Waals surface area (Å²) < 4.78 is 12.9. The molecule has 0 unspecified atom stereocenters. The lowest BCUT2D eigenvalue weighted by Crippen LogP contribution is -2.38. The summed E-state index contributed by atoms with van der Waals surface area (Å²) in [6.07, 6.45) is 5.58. The molecular formula is C15H21ClFN3. The number of likely N-dealkylation sites (tertiary alicyclic amines) is 1. The molecule has 1 fully saturated rings. The fourth-order valence-corrected chi connectivity index (χ4v) is 2.68. The molecule has 3 nitrogen and oxygen atoms in total. The molecule has 1 saturated heterocycles. The van der Waals surface area contributed by atoms with Gasteiger partial charge in [-0.3, -0.25) is 4.99 Å². The molecule has 0 aliphatic carbocycles. The quantitative estimate of drug-likeness (QED) is 0.687. The summed E-state index contributed by atoms with van der Waals surface area (Å²) in [5.41, 5.74) is 6.93. The van der Waals surface area contributed by atoms with Crippen LogP contribution in [0.4, 0.5) is 4.39 Å². The zero-order chi connectivity index (χ0) is 14.4. The van der Waals surface area contributed by atoms with Crippen molar-refractivity contribution in [3.05, 3.63) is 34.6 Å². The summed E-state index contributed by atoms with van der Waals surface area (Å²) in [5.74, 6) is 0.302. The standard InChI is InChI=1S/C15H21ClFN3/c16-14-11-13(17)6-5-12(14)7-8-19-15(18)20-9-3-1-2-4-10-20/h5-6,11H,1-4,7-10H2,(H2,18,19). The minimum absolute atomic E-state index is 0.314. The molecule has 0 radical (unpaired) electrons. The lowest BCUT2D eigenvalue weighted by atomic mass is 10.1. The van der Waals surface area contributed by atoms with Crippen molar-refractivity contribution in [2.45, 2.75) is 32.1 Å². The van der Waals surface area contributed by atoms with Crippen LogP contribution in [0.25, 0.3) is 0 Å². The third-order valence-corrected chi connectivity index (χ3v) is 3.95. The topological polar surface area (TPSA) is 41.6 Å². The SMILES string of the molecule is NC(=NCCc1ccc(F)cc1Cl)N1CCCCCC1. The van der Waals surface area contributed by atoms with Crippen LogP contribution in [0.1, 0.15) is 31.2 Å². The number of hydrogen-bond acceptors (Lipinski definition) is 1. The Balaban J connectivity index is 1.88. The van der Waals surface area contributed by atoms with Crippen molar-refractivity contribution in [1.82, 2.24) is 4.90 Å². The molecule has 0 bridgehead atoms. The fraction of sp³-hybridized carbons (Fsp3) is 0.533. The van der Waals surface area contributed by atoms with Gasteiger partial charge < -0.3 is 10.6 Å². The van der Waals surface area contributed by atoms with Crippen LogP contribution in [-0.4, -0.2) is 30.5 Å². The van der Waals surface area contributed by atoms with Crippen molar-refractivity contribution in [3.63, 3.8) is 0 Å². The smallest absolute Gasteiger partial charge is 0.191 e. The highest BCUT2D eigenvalue weighted by atomic mass is 35.5. The lowest BCUT2D eigenvalue weighted by Gasteiger charge is -2.21. The summed E-state index contributed by atoms with van der Waals surface area (Å²) in [6.45, 7) is 2.56. The van der Waals surface area contributed by atoms with Crippen LogP contribution in [0.2, 0.25) is 5.02 Å². The number of nitrogens with two attached hydrogens (primary N) is 1. The average molecular weight is 298 g/mol. The van der Waals surface area contributed by atoms with E-state index in [1.165, 1.54) is 37.8 Å². The summed E-state index contributed by atoms with van der Waals surface area (Å²) in [6, 6.07) is 4.46. The molecule has 1 aliphatic rings. The Labute approximate surface area is 124 Å². The number of nitrogens with zero attached hydrogens (tertiary/aromatic N) is 2. The fourth-order valence-electron chi connectivity index (χ4n) is 2.42. The maximum Gasteiger partial charge on any atom is 0.191 e. The van der Waals surface area contributed by atoms with E-state index in [1.807, 2.05) is 0 Å². The van der Waals surface area contributed by atoms with Crippen LogP contribution in [0.15, 0.2) is 23.2 Å². The van der Waals surface area contributed by atoms with Crippen molar-refractivity contribution in [2.75, 3.05) is 19.6 Å². The predicted molar refractivity (Wildman–Crippen MR) is 81.6 cm³/mol. The highest BCUT2D eigenvalue weighted by Crippen LogP contribution is 2.17. The van der Waals surface area contributed by atoms with Crippen LogP contribution >= 0.6 is 11.6 Å². The summed E-state index contributed by atoms with van der Waals surface area (Å²) in [7, 11) is 0. The van der Waals surface area contributed by atoms with E-state index in [1.54, 1.807) is 6.07 Å². The third-order valence-electron chi connectivity index (χ3n) is 3.60. The van der Waals surface area contributed by atoms with Gasteiger partial charge in [-0.1, -0.05) is 30.5 Å². The molecule has 1 aromatic carbocycles. The molecule has 2 rings (SSSR count). The first-order valence-corrected chi connectivity index (χ1v) is 7.53. The molecule has 5 heteroatoms.